The molecule has 2 aromatic rings. The van der Waals surface area contributed by atoms with Crippen molar-refractivity contribution in [3.8, 4) is 5.19 Å². The maximum Gasteiger partial charge on any atom is 0.295 e. The molecule has 6 nitrogen and oxygen atoms in total. The minimum absolute atomic E-state index is 0.114. The molecule has 0 aromatic carbocycles. The van der Waals surface area contributed by atoms with Gasteiger partial charge in [-0.05, 0) is 38.0 Å². The van der Waals surface area contributed by atoms with E-state index >= 15 is 0 Å². The van der Waals surface area contributed by atoms with E-state index in [1.165, 1.54) is 35.9 Å². The minimum Gasteiger partial charge on any atom is -0.466 e. The number of nitrogens with zero attached hydrogens (tertiary/aromatic N) is 4. The standard InChI is InChI=1S/C11H14N4O2S2/c1-6(2)16-10-14-15-11(19-10)18-5-8-12-13-9(17-8)7-3-4-7/h6-7H,3-5H2,1-2H3. The van der Waals surface area contributed by atoms with Gasteiger partial charge in [0.1, 0.15) is 0 Å². The summed E-state index contributed by atoms with van der Waals surface area (Å²) in [6.07, 6.45) is 2.45. The number of hydrogen-bond donors (Lipinski definition) is 0. The first-order valence-corrected chi connectivity index (χ1v) is 7.96. The lowest BCUT2D eigenvalue weighted by Gasteiger charge is -2.02. The van der Waals surface area contributed by atoms with E-state index in [-0.39, 0.29) is 6.10 Å². The van der Waals surface area contributed by atoms with Crippen LogP contribution < -0.4 is 4.74 Å². The van der Waals surface area contributed by atoms with E-state index in [0.717, 1.165) is 10.2 Å². The van der Waals surface area contributed by atoms with Crippen LogP contribution in [0.2, 0.25) is 0 Å². The van der Waals surface area contributed by atoms with Crippen LogP contribution in [0, 0.1) is 0 Å². The third kappa shape index (κ3) is 3.44. The molecule has 102 valence electrons. The highest BCUT2D eigenvalue weighted by atomic mass is 32.2. The monoisotopic (exact) mass is 298 g/mol. The van der Waals surface area contributed by atoms with Gasteiger partial charge in [0.2, 0.25) is 11.8 Å². The Morgan fingerprint density at radius 3 is 2.89 bits per heavy atom. The SMILES string of the molecule is CC(C)Oc1nnc(SCc2nnc(C3CC3)o2)s1. The normalized spacial score (nSPS) is 15.1. The van der Waals surface area contributed by atoms with E-state index in [9.17, 15) is 0 Å². The zero-order valence-corrected chi connectivity index (χ0v) is 12.3. The Labute approximate surface area is 119 Å². The summed E-state index contributed by atoms with van der Waals surface area (Å²) in [5, 5.41) is 16.7. The average Bonchev–Trinajstić information content (AvgIpc) is 2.95. The number of thioether (sulfide) groups is 1. The van der Waals surface area contributed by atoms with E-state index < -0.39 is 0 Å². The van der Waals surface area contributed by atoms with Crippen molar-refractivity contribution < 1.29 is 9.15 Å². The van der Waals surface area contributed by atoms with Crippen LogP contribution in [0.25, 0.3) is 0 Å². The second-order valence-corrected chi connectivity index (χ2v) is 6.76. The van der Waals surface area contributed by atoms with Crippen LogP contribution in [0.4, 0.5) is 0 Å². The first-order chi connectivity index (χ1) is 9.20. The molecule has 0 amide bonds. The molecular weight excluding hydrogens is 284 g/mol. The lowest BCUT2D eigenvalue weighted by molar-refractivity contribution is 0.239. The summed E-state index contributed by atoms with van der Waals surface area (Å²) in [6.45, 7) is 3.93. The van der Waals surface area contributed by atoms with Gasteiger partial charge in [-0.3, -0.25) is 0 Å². The molecule has 8 heteroatoms. The smallest absolute Gasteiger partial charge is 0.295 e. The first-order valence-electron chi connectivity index (χ1n) is 6.16. The summed E-state index contributed by atoms with van der Waals surface area (Å²) in [5.41, 5.74) is 0. The van der Waals surface area contributed by atoms with Crippen LogP contribution in [0.5, 0.6) is 5.19 Å². The molecule has 2 heterocycles. The van der Waals surface area contributed by atoms with E-state index in [1.54, 1.807) is 0 Å². The molecule has 1 saturated carbocycles. The van der Waals surface area contributed by atoms with Gasteiger partial charge in [-0.2, -0.15) is 0 Å². The fourth-order valence-corrected chi connectivity index (χ4v) is 3.09. The molecule has 3 rings (SSSR count). The Bertz CT molecular complexity index is 550. The molecule has 1 fully saturated rings. The fourth-order valence-electron chi connectivity index (χ4n) is 1.45. The van der Waals surface area contributed by atoms with Crippen LogP contribution in [-0.2, 0) is 5.75 Å². The Morgan fingerprint density at radius 1 is 1.32 bits per heavy atom. The van der Waals surface area contributed by atoms with Gasteiger partial charge in [0.25, 0.3) is 5.19 Å². The molecule has 0 aliphatic heterocycles. The van der Waals surface area contributed by atoms with Gasteiger partial charge >= 0.3 is 0 Å². The van der Waals surface area contributed by atoms with Crippen LogP contribution in [-0.4, -0.2) is 26.5 Å². The molecule has 0 spiro atoms. The van der Waals surface area contributed by atoms with Gasteiger partial charge in [0.05, 0.1) is 11.9 Å². The quantitative estimate of drug-likeness (QED) is 0.759. The zero-order valence-electron chi connectivity index (χ0n) is 10.7. The molecule has 0 bridgehead atoms. The highest BCUT2D eigenvalue weighted by molar-refractivity contribution is 8.00. The van der Waals surface area contributed by atoms with Crippen LogP contribution in [0.3, 0.4) is 0 Å². The van der Waals surface area contributed by atoms with Crippen LogP contribution >= 0.6 is 23.1 Å². The van der Waals surface area contributed by atoms with Crippen molar-refractivity contribution in [2.24, 2.45) is 0 Å². The molecule has 1 aliphatic rings. The predicted octanol–water partition coefficient (Wildman–Crippen LogP) is 2.88. The molecule has 0 N–H and O–H groups in total. The number of rotatable bonds is 6. The van der Waals surface area contributed by atoms with Crippen molar-refractivity contribution in [3.05, 3.63) is 11.8 Å². The number of aromatic nitrogens is 4. The number of hydrogen-bond acceptors (Lipinski definition) is 8. The summed E-state index contributed by atoms with van der Waals surface area (Å²) in [7, 11) is 0. The fraction of sp³-hybridized carbons (Fsp3) is 0.636. The summed E-state index contributed by atoms with van der Waals surface area (Å²) in [6, 6.07) is 0. The van der Waals surface area contributed by atoms with Gasteiger partial charge in [-0.15, -0.1) is 15.3 Å². The molecule has 19 heavy (non-hydrogen) atoms. The third-order valence-corrected chi connectivity index (χ3v) is 4.38. The van der Waals surface area contributed by atoms with E-state index in [1.807, 2.05) is 13.8 Å². The molecule has 0 radical (unpaired) electrons. The third-order valence-electron chi connectivity index (χ3n) is 2.45. The summed E-state index contributed by atoms with van der Waals surface area (Å²) >= 11 is 2.97. The van der Waals surface area contributed by atoms with Gasteiger partial charge in [-0.1, -0.05) is 16.9 Å². The summed E-state index contributed by atoms with van der Waals surface area (Å²) in [4.78, 5) is 0. The second kappa shape index (κ2) is 5.46. The van der Waals surface area contributed by atoms with Crippen molar-refractivity contribution >= 4 is 23.1 Å². The van der Waals surface area contributed by atoms with Gasteiger partial charge < -0.3 is 9.15 Å². The molecule has 1 aliphatic carbocycles. The minimum atomic E-state index is 0.114. The van der Waals surface area contributed by atoms with Crippen molar-refractivity contribution in [1.82, 2.24) is 20.4 Å². The molecule has 2 aromatic heterocycles. The lowest BCUT2D eigenvalue weighted by atomic mass is 10.4. The molecule has 0 unspecified atom stereocenters. The highest BCUT2D eigenvalue weighted by Gasteiger charge is 2.29. The van der Waals surface area contributed by atoms with Gasteiger partial charge in [0.15, 0.2) is 4.34 Å². The van der Waals surface area contributed by atoms with E-state index in [4.69, 9.17) is 9.15 Å². The van der Waals surface area contributed by atoms with E-state index in [2.05, 4.69) is 20.4 Å². The maximum absolute atomic E-state index is 5.58. The van der Waals surface area contributed by atoms with Crippen molar-refractivity contribution in [1.29, 1.82) is 0 Å². The summed E-state index contributed by atoms with van der Waals surface area (Å²) < 4.78 is 11.9. The highest BCUT2D eigenvalue weighted by Crippen LogP contribution is 2.39. The summed E-state index contributed by atoms with van der Waals surface area (Å²) in [5.74, 6) is 2.54. The molecular formula is C11H14N4O2S2. The van der Waals surface area contributed by atoms with Crippen molar-refractivity contribution in [2.75, 3.05) is 0 Å². The first kappa shape index (κ1) is 12.9. The Morgan fingerprint density at radius 2 is 2.16 bits per heavy atom. The number of ether oxygens (including phenoxy) is 1. The second-order valence-electron chi connectivity index (χ2n) is 4.60. The Hall–Kier alpha value is -1.15. The molecule has 0 atom stereocenters. The molecule has 0 saturated heterocycles. The van der Waals surface area contributed by atoms with Crippen LogP contribution in [0.1, 0.15) is 44.4 Å². The topological polar surface area (TPSA) is 73.9 Å². The average molecular weight is 298 g/mol. The van der Waals surface area contributed by atoms with Crippen molar-refractivity contribution in [3.63, 3.8) is 0 Å². The maximum atomic E-state index is 5.58. The van der Waals surface area contributed by atoms with E-state index in [0.29, 0.717) is 22.8 Å². The zero-order chi connectivity index (χ0) is 13.2. The Kier molecular flexibility index (Phi) is 3.69. The van der Waals surface area contributed by atoms with Gasteiger partial charge in [-0.25, -0.2) is 0 Å². The van der Waals surface area contributed by atoms with Gasteiger partial charge in [0, 0.05) is 5.92 Å². The lowest BCUT2D eigenvalue weighted by Crippen LogP contribution is -2.04. The Balaban J connectivity index is 1.54. The van der Waals surface area contributed by atoms with Crippen molar-refractivity contribution in [2.45, 2.75) is 48.8 Å². The largest absolute Gasteiger partial charge is 0.466 e. The predicted molar refractivity (Wildman–Crippen MR) is 71.5 cm³/mol. The van der Waals surface area contributed by atoms with Crippen LogP contribution in [0.15, 0.2) is 8.76 Å².